The molecule has 1 amide bonds. The topological polar surface area (TPSA) is 72.2 Å². The third kappa shape index (κ3) is 3.07. The second kappa shape index (κ2) is 5.47. The van der Waals surface area contributed by atoms with Gasteiger partial charge in [0.2, 0.25) is 0 Å². The zero-order chi connectivity index (χ0) is 12.3. The van der Waals surface area contributed by atoms with E-state index in [9.17, 15) is 14.9 Å². The lowest BCUT2D eigenvalue weighted by Gasteiger charge is -2.06. The van der Waals surface area contributed by atoms with E-state index < -0.39 is 15.7 Å². The lowest BCUT2D eigenvalue weighted by atomic mass is 10.3. The average molecular weight is 327 g/mol. The number of halogens is 3. The summed E-state index contributed by atoms with van der Waals surface area (Å²) in [5, 5.41) is 12.9. The van der Waals surface area contributed by atoms with E-state index in [0.717, 1.165) is 0 Å². The predicted octanol–water partition coefficient (Wildman–Crippen LogP) is 2.90. The normalized spacial score (nSPS) is 10.2. The Kier molecular flexibility index (Phi) is 4.52. The van der Waals surface area contributed by atoms with Crippen LogP contribution in [-0.2, 0) is 4.79 Å². The maximum atomic E-state index is 11.2. The van der Waals surface area contributed by atoms with Gasteiger partial charge >= 0.3 is 0 Å². The standard InChI is InChI=1S/C8H4BrCl2N2O3/c9-6-4(12-8(14)7(10)11)2-1-3-5(6)13(15)16/h1,3,7H,(H,12,14). The Morgan fingerprint density at radius 1 is 1.62 bits per heavy atom. The van der Waals surface area contributed by atoms with Gasteiger partial charge in [0.15, 0.2) is 4.84 Å². The molecule has 0 heterocycles. The van der Waals surface area contributed by atoms with Gasteiger partial charge in [0.25, 0.3) is 11.6 Å². The predicted molar refractivity (Wildman–Crippen MR) is 63.8 cm³/mol. The van der Waals surface area contributed by atoms with Gasteiger partial charge in [-0.05, 0) is 22.0 Å². The van der Waals surface area contributed by atoms with Gasteiger partial charge in [-0.25, -0.2) is 0 Å². The van der Waals surface area contributed by atoms with Crippen molar-refractivity contribution in [3.05, 3.63) is 32.8 Å². The Morgan fingerprint density at radius 2 is 2.25 bits per heavy atom. The van der Waals surface area contributed by atoms with Crippen LogP contribution in [0.15, 0.2) is 16.6 Å². The number of nitro benzene ring substituents is 1. The zero-order valence-electron chi connectivity index (χ0n) is 7.54. The number of amides is 1. The second-order valence-electron chi connectivity index (χ2n) is 2.60. The van der Waals surface area contributed by atoms with E-state index in [4.69, 9.17) is 23.2 Å². The lowest BCUT2D eigenvalue weighted by Crippen LogP contribution is -2.19. The van der Waals surface area contributed by atoms with E-state index in [1.807, 2.05) is 0 Å². The van der Waals surface area contributed by atoms with Crippen LogP contribution < -0.4 is 5.32 Å². The molecule has 8 heteroatoms. The first kappa shape index (κ1) is 13.2. The molecule has 1 N–H and O–H groups in total. The van der Waals surface area contributed by atoms with Crippen LogP contribution in [0.5, 0.6) is 0 Å². The molecule has 0 aliphatic carbocycles. The molecule has 0 saturated carbocycles. The Labute approximate surface area is 109 Å². The number of benzene rings is 1. The average Bonchev–Trinajstić information content (AvgIpc) is 2.20. The van der Waals surface area contributed by atoms with Crippen molar-refractivity contribution in [2.75, 3.05) is 5.32 Å². The maximum Gasteiger partial charge on any atom is 0.285 e. The van der Waals surface area contributed by atoms with Crippen LogP contribution >= 0.6 is 39.1 Å². The molecule has 16 heavy (non-hydrogen) atoms. The second-order valence-corrected chi connectivity index (χ2v) is 4.49. The number of nitrogens with one attached hydrogen (secondary N) is 1. The Balaban J connectivity index is 3.02. The van der Waals surface area contributed by atoms with Crippen molar-refractivity contribution < 1.29 is 9.72 Å². The molecule has 0 spiro atoms. The van der Waals surface area contributed by atoms with Crippen molar-refractivity contribution in [3.8, 4) is 0 Å². The molecule has 5 nitrogen and oxygen atoms in total. The number of hydrogen-bond acceptors (Lipinski definition) is 3. The van der Waals surface area contributed by atoms with Gasteiger partial charge < -0.3 is 5.32 Å². The van der Waals surface area contributed by atoms with E-state index in [2.05, 4.69) is 27.3 Å². The van der Waals surface area contributed by atoms with E-state index in [0.29, 0.717) is 0 Å². The van der Waals surface area contributed by atoms with Crippen LogP contribution in [0, 0.1) is 16.2 Å². The molecule has 0 atom stereocenters. The molecule has 1 rings (SSSR count). The molecular formula is C8H4BrCl2N2O3. The number of rotatable bonds is 3. The minimum absolute atomic E-state index is 0.113. The van der Waals surface area contributed by atoms with Crippen molar-refractivity contribution in [3.63, 3.8) is 0 Å². The highest BCUT2D eigenvalue weighted by Crippen LogP contribution is 2.31. The summed E-state index contributed by atoms with van der Waals surface area (Å²) in [5.41, 5.74) is -0.0692. The molecule has 0 unspecified atom stereocenters. The van der Waals surface area contributed by atoms with Crippen molar-refractivity contribution in [2.24, 2.45) is 0 Å². The van der Waals surface area contributed by atoms with Crippen molar-refractivity contribution in [1.29, 1.82) is 0 Å². The highest BCUT2D eigenvalue weighted by Gasteiger charge is 2.18. The number of nitro groups is 1. The monoisotopic (exact) mass is 325 g/mol. The van der Waals surface area contributed by atoms with Crippen molar-refractivity contribution in [1.82, 2.24) is 0 Å². The highest BCUT2D eigenvalue weighted by atomic mass is 79.9. The molecule has 0 aromatic heterocycles. The Bertz CT molecular complexity index is 439. The van der Waals surface area contributed by atoms with Gasteiger partial charge in [-0.2, -0.15) is 0 Å². The summed E-state index contributed by atoms with van der Waals surface area (Å²) >= 11 is 13.6. The largest absolute Gasteiger partial charge is 0.322 e. The summed E-state index contributed by atoms with van der Waals surface area (Å²) < 4.78 is 0.113. The summed E-state index contributed by atoms with van der Waals surface area (Å²) in [6.07, 6.45) is 0. The van der Waals surface area contributed by atoms with Gasteiger partial charge in [0.1, 0.15) is 4.47 Å². The van der Waals surface area contributed by atoms with Crippen LogP contribution in [0.2, 0.25) is 0 Å². The van der Waals surface area contributed by atoms with Gasteiger partial charge in [-0.1, -0.05) is 23.2 Å². The minimum atomic E-state index is -1.25. The lowest BCUT2D eigenvalue weighted by molar-refractivity contribution is -0.385. The fourth-order valence-electron chi connectivity index (χ4n) is 0.878. The van der Waals surface area contributed by atoms with Gasteiger partial charge in [-0.15, -0.1) is 0 Å². The Hall–Kier alpha value is -0.850. The summed E-state index contributed by atoms with van der Waals surface area (Å²) in [6, 6.07) is 5.18. The number of carbonyl (C=O) groups excluding carboxylic acids is 1. The van der Waals surface area contributed by atoms with Crippen LogP contribution in [0.3, 0.4) is 0 Å². The molecule has 0 fully saturated rings. The van der Waals surface area contributed by atoms with Crippen LogP contribution in [0.25, 0.3) is 0 Å². The summed E-state index contributed by atoms with van der Waals surface area (Å²) in [5.74, 6) is -0.680. The zero-order valence-corrected chi connectivity index (χ0v) is 10.6. The first-order valence-corrected chi connectivity index (χ1v) is 5.53. The molecule has 1 aromatic carbocycles. The van der Waals surface area contributed by atoms with E-state index >= 15 is 0 Å². The number of alkyl halides is 2. The van der Waals surface area contributed by atoms with Gasteiger partial charge in [0, 0.05) is 12.1 Å². The summed E-state index contributed by atoms with van der Waals surface area (Å²) in [4.78, 5) is 19.9. The fourth-order valence-corrected chi connectivity index (χ4v) is 1.48. The van der Waals surface area contributed by atoms with Crippen LogP contribution in [-0.4, -0.2) is 15.7 Å². The Morgan fingerprint density at radius 3 is 2.75 bits per heavy atom. The quantitative estimate of drug-likeness (QED) is 0.527. The fraction of sp³-hybridized carbons (Fsp3) is 0.125. The van der Waals surface area contributed by atoms with E-state index in [1.54, 1.807) is 0 Å². The first-order valence-electron chi connectivity index (χ1n) is 3.87. The first-order chi connectivity index (χ1) is 7.43. The third-order valence-corrected chi connectivity index (χ3v) is 2.76. The number of carbonyl (C=O) groups is 1. The minimum Gasteiger partial charge on any atom is -0.322 e. The molecular weight excluding hydrogens is 323 g/mol. The third-order valence-electron chi connectivity index (χ3n) is 1.56. The summed E-state index contributed by atoms with van der Waals surface area (Å²) in [7, 11) is 0. The molecule has 1 radical (unpaired) electrons. The maximum absolute atomic E-state index is 11.2. The van der Waals surface area contributed by atoms with Gasteiger partial charge in [-0.3, -0.25) is 14.9 Å². The molecule has 0 aliphatic rings. The molecule has 0 aliphatic heterocycles. The smallest absolute Gasteiger partial charge is 0.285 e. The summed E-state index contributed by atoms with van der Waals surface area (Å²) in [6.45, 7) is 0. The van der Waals surface area contributed by atoms with Crippen LogP contribution in [0.4, 0.5) is 11.4 Å². The van der Waals surface area contributed by atoms with Crippen molar-refractivity contribution in [2.45, 2.75) is 4.84 Å². The molecule has 85 valence electrons. The van der Waals surface area contributed by atoms with E-state index in [-0.39, 0.29) is 15.8 Å². The number of nitrogens with zero attached hydrogens (tertiary/aromatic N) is 1. The SMILES string of the molecule is O=C(Nc1[c]ccc([N+](=O)[O-])c1Br)C(Cl)Cl. The van der Waals surface area contributed by atoms with E-state index in [1.165, 1.54) is 12.1 Å². The molecule has 1 aromatic rings. The molecule has 0 bridgehead atoms. The molecule has 0 saturated heterocycles. The number of hydrogen-bond donors (Lipinski definition) is 1. The van der Waals surface area contributed by atoms with Crippen LogP contribution in [0.1, 0.15) is 0 Å². The van der Waals surface area contributed by atoms with Crippen molar-refractivity contribution >= 4 is 56.4 Å². The highest BCUT2D eigenvalue weighted by molar-refractivity contribution is 9.10. The van der Waals surface area contributed by atoms with Gasteiger partial charge in [0.05, 0.1) is 10.6 Å². The number of anilines is 1.